The Morgan fingerprint density at radius 3 is 2.19 bits per heavy atom. The molecule has 0 unspecified atom stereocenters. The van der Waals surface area contributed by atoms with Crippen LogP contribution in [0.2, 0.25) is 0 Å². The van der Waals surface area contributed by atoms with Gasteiger partial charge in [0, 0.05) is 30.9 Å². The summed E-state index contributed by atoms with van der Waals surface area (Å²) in [5.41, 5.74) is 0.693. The van der Waals surface area contributed by atoms with Crippen molar-refractivity contribution in [1.82, 2.24) is 14.7 Å². The van der Waals surface area contributed by atoms with Crippen LogP contribution in [0.3, 0.4) is 0 Å². The molecule has 1 amide bonds. The summed E-state index contributed by atoms with van der Waals surface area (Å²) in [5.74, 6) is 0.0730. The highest BCUT2D eigenvalue weighted by Gasteiger charge is 2.26. The molecule has 1 aliphatic rings. The molecule has 2 heterocycles. The standard InChI is InChI=1S/C18H21N3O5/c1-25-15-7-12(8-16(9-15)26-2)17(22)20-5-3-14(4-6-20)21-11-13(10-19-21)18(23)24/h7-11,14H,3-6H2,1-2H3,(H,23,24). The Morgan fingerprint density at radius 1 is 1.08 bits per heavy atom. The molecule has 1 N–H and O–H groups in total. The maximum Gasteiger partial charge on any atom is 0.338 e. The first kappa shape index (κ1) is 17.8. The van der Waals surface area contributed by atoms with Gasteiger partial charge in [-0.1, -0.05) is 0 Å². The van der Waals surface area contributed by atoms with E-state index in [1.807, 2.05) is 0 Å². The van der Waals surface area contributed by atoms with Crippen LogP contribution in [-0.4, -0.2) is 59.0 Å². The van der Waals surface area contributed by atoms with Gasteiger partial charge in [-0.3, -0.25) is 9.48 Å². The van der Waals surface area contributed by atoms with E-state index in [9.17, 15) is 9.59 Å². The molecule has 26 heavy (non-hydrogen) atoms. The van der Waals surface area contributed by atoms with Gasteiger partial charge >= 0.3 is 5.97 Å². The number of carboxylic acid groups (broad SMARTS) is 1. The number of benzene rings is 1. The van der Waals surface area contributed by atoms with E-state index in [-0.39, 0.29) is 17.5 Å². The minimum absolute atomic E-state index is 0.0765. The van der Waals surface area contributed by atoms with E-state index in [0.29, 0.717) is 43.0 Å². The quantitative estimate of drug-likeness (QED) is 0.878. The smallest absolute Gasteiger partial charge is 0.338 e. The molecule has 138 valence electrons. The van der Waals surface area contributed by atoms with E-state index in [1.165, 1.54) is 12.4 Å². The second-order valence-corrected chi connectivity index (χ2v) is 6.14. The van der Waals surface area contributed by atoms with Gasteiger partial charge in [-0.2, -0.15) is 5.10 Å². The fourth-order valence-corrected chi connectivity index (χ4v) is 3.10. The molecular formula is C18H21N3O5. The highest BCUT2D eigenvalue weighted by molar-refractivity contribution is 5.95. The van der Waals surface area contributed by atoms with E-state index in [0.717, 1.165) is 0 Å². The number of hydrogen-bond acceptors (Lipinski definition) is 5. The maximum atomic E-state index is 12.8. The lowest BCUT2D eigenvalue weighted by atomic mass is 10.0. The van der Waals surface area contributed by atoms with Crippen molar-refractivity contribution < 1.29 is 24.2 Å². The normalized spacial score (nSPS) is 14.9. The summed E-state index contributed by atoms with van der Waals surface area (Å²) in [7, 11) is 3.09. The zero-order chi connectivity index (χ0) is 18.7. The molecular weight excluding hydrogens is 338 g/mol. The number of likely N-dealkylation sites (tertiary alicyclic amines) is 1. The van der Waals surface area contributed by atoms with Crippen molar-refractivity contribution in [2.45, 2.75) is 18.9 Å². The second-order valence-electron chi connectivity index (χ2n) is 6.14. The molecule has 1 aromatic carbocycles. The van der Waals surface area contributed by atoms with Gasteiger partial charge < -0.3 is 19.5 Å². The Balaban J connectivity index is 1.67. The van der Waals surface area contributed by atoms with Crippen LogP contribution in [0.15, 0.2) is 30.6 Å². The van der Waals surface area contributed by atoms with E-state index in [1.54, 1.807) is 42.0 Å². The van der Waals surface area contributed by atoms with Crippen LogP contribution in [0.25, 0.3) is 0 Å². The average Bonchev–Trinajstić information content (AvgIpc) is 3.17. The lowest BCUT2D eigenvalue weighted by molar-refractivity contribution is 0.0687. The number of nitrogens with zero attached hydrogens (tertiary/aromatic N) is 3. The first-order valence-electron chi connectivity index (χ1n) is 8.31. The molecule has 1 saturated heterocycles. The zero-order valence-electron chi connectivity index (χ0n) is 14.7. The Kier molecular flexibility index (Phi) is 5.11. The monoisotopic (exact) mass is 359 g/mol. The van der Waals surface area contributed by atoms with E-state index < -0.39 is 5.97 Å². The molecule has 0 radical (unpaired) electrons. The zero-order valence-corrected chi connectivity index (χ0v) is 14.7. The molecule has 0 saturated carbocycles. The van der Waals surface area contributed by atoms with Gasteiger partial charge in [-0.25, -0.2) is 4.79 Å². The third-order valence-electron chi connectivity index (χ3n) is 4.57. The number of amides is 1. The number of ether oxygens (including phenoxy) is 2. The Morgan fingerprint density at radius 2 is 1.69 bits per heavy atom. The minimum atomic E-state index is -0.990. The van der Waals surface area contributed by atoms with Gasteiger partial charge in [0.2, 0.25) is 0 Å². The number of aromatic nitrogens is 2. The van der Waals surface area contributed by atoms with E-state index >= 15 is 0 Å². The van der Waals surface area contributed by atoms with Gasteiger partial charge in [0.15, 0.2) is 0 Å². The number of piperidine rings is 1. The fourth-order valence-electron chi connectivity index (χ4n) is 3.10. The molecule has 8 heteroatoms. The van der Waals surface area contributed by atoms with Crippen LogP contribution in [-0.2, 0) is 0 Å². The minimum Gasteiger partial charge on any atom is -0.497 e. The first-order valence-corrected chi connectivity index (χ1v) is 8.31. The lowest BCUT2D eigenvalue weighted by Crippen LogP contribution is -2.39. The predicted molar refractivity (Wildman–Crippen MR) is 92.9 cm³/mol. The van der Waals surface area contributed by atoms with Crippen molar-refractivity contribution >= 4 is 11.9 Å². The van der Waals surface area contributed by atoms with Gasteiger partial charge in [0.1, 0.15) is 11.5 Å². The summed E-state index contributed by atoms with van der Waals surface area (Å²) >= 11 is 0. The fraction of sp³-hybridized carbons (Fsp3) is 0.389. The molecule has 0 aliphatic carbocycles. The van der Waals surface area contributed by atoms with Gasteiger partial charge in [-0.05, 0) is 25.0 Å². The first-order chi connectivity index (χ1) is 12.5. The molecule has 2 aromatic rings. The van der Waals surface area contributed by atoms with Crippen LogP contribution in [0.1, 0.15) is 39.6 Å². The van der Waals surface area contributed by atoms with Crippen LogP contribution >= 0.6 is 0 Å². The second kappa shape index (κ2) is 7.47. The van der Waals surface area contributed by atoms with Gasteiger partial charge in [0.25, 0.3) is 5.91 Å². The third-order valence-corrected chi connectivity index (χ3v) is 4.57. The summed E-state index contributed by atoms with van der Waals surface area (Å²) in [5, 5.41) is 13.1. The molecule has 1 aromatic heterocycles. The van der Waals surface area contributed by atoms with Crippen molar-refractivity contribution in [3.63, 3.8) is 0 Å². The number of carboxylic acids is 1. The average molecular weight is 359 g/mol. The number of carbonyl (C=O) groups is 2. The van der Waals surface area contributed by atoms with Crippen molar-refractivity contribution in [3.05, 3.63) is 41.7 Å². The number of hydrogen-bond donors (Lipinski definition) is 1. The van der Waals surface area contributed by atoms with Crippen molar-refractivity contribution in [1.29, 1.82) is 0 Å². The van der Waals surface area contributed by atoms with Crippen molar-refractivity contribution in [2.75, 3.05) is 27.3 Å². The molecule has 0 bridgehead atoms. The van der Waals surface area contributed by atoms with Crippen molar-refractivity contribution in [2.24, 2.45) is 0 Å². The number of rotatable bonds is 5. The predicted octanol–water partition coefficient (Wildman–Crippen LogP) is 2.08. The van der Waals surface area contributed by atoms with Gasteiger partial charge in [-0.15, -0.1) is 0 Å². The molecule has 0 atom stereocenters. The van der Waals surface area contributed by atoms with Crippen LogP contribution < -0.4 is 9.47 Å². The van der Waals surface area contributed by atoms with Gasteiger partial charge in [0.05, 0.1) is 32.0 Å². The highest BCUT2D eigenvalue weighted by atomic mass is 16.5. The molecule has 8 nitrogen and oxygen atoms in total. The Labute approximate surface area is 150 Å². The van der Waals surface area contributed by atoms with Crippen LogP contribution in [0, 0.1) is 0 Å². The summed E-state index contributed by atoms with van der Waals surface area (Å²) < 4.78 is 12.1. The van der Waals surface area contributed by atoms with Crippen molar-refractivity contribution in [3.8, 4) is 11.5 Å². The molecule has 1 fully saturated rings. The van der Waals surface area contributed by atoms with Crippen LogP contribution in [0.4, 0.5) is 0 Å². The van der Waals surface area contributed by atoms with E-state index in [4.69, 9.17) is 14.6 Å². The highest BCUT2D eigenvalue weighted by Crippen LogP contribution is 2.27. The Hall–Kier alpha value is -3.03. The van der Waals surface area contributed by atoms with E-state index in [2.05, 4.69) is 5.10 Å². The summed E-state index contributed by atoms with van der Waals surface area (Å²) in [6.07, 6.45) is 4.32. The SMILES string of the molecule is COc1cc(OC)cc(C(=O)N2CCC(n3cc(C(=O)O)cn3)CC2)c1. The number of methoxy groups -OCH3 is 2. The summed E-state index contributed by atoms with van der Waals surface area (Å²) in [4.78, 5) is 25.5. The third kappa shape index (κ3) is 3.63. The Bertz CT molecular complexity index is 787. The molecule has 0 spiro atoms. The number of aromatic carboxylic acids is 1. The topological polar surface area (TPSA) is 93.9 Å². The largest absolute Gasteiger partial charge is 0.497 e. The molecule has 3 rings (SSSR count). The maximum absolute atomic E-state index is 12.8. The summed E-state index contributed by atoms with van der Waals surface area (Å²) in [6, 6.07) is 5.21. The molecule has 1 aliphatic heterocycles. The van der Waals surface area contributed by atoms with Crippen LogP contribution in [0.5, 0.6) is 11.5 Å². The number of carbonyl (C=O) groups excluding carboxylic acids is 1. The summed E-state index contributed by atoms with van der Waals surface area (Å²) in [6.45, 7) is 1.15. The lowest BCUT2D eigenvalue weighted by Gasteiger charge is -2.32.